The molecule has 0 aliphatic rings. The first kappa shape index (κ1) is 14.5. The molecule has 2 aromatic rings. The van der Waals surface area contributed by atoms with Crippen molar-refractivity contribution >= 4 is 27.3 Å². The number of nitrogens with zero attached hydrogens (tertiary/aromatic N) is 2. The molecule has 1 heterocycles. The Labute approximate surface area is 122 Å². The normalized spacial score (nSPS) is 12.2. The molecule has 0 aliphatic heterocycles. The Kier molecular flexibility index (Phi) is 4.36. The van der Waals surface area contributed by atoms with Crippen LogP contribution < -0.4 is 4.83 Å². The summed E-state index contributed by atoms with van der Waals surface area (Å²) in [4.78, 5) is 6.35. The zero-order valence-electron chi connectivity index (χ0n) is 10.6. The lowest BCUT2D eigenvalue weighted by molar-refractivity contribution is 0.584. The van der Waals surface area contributed by atoms with Gasteiger partial charge >= 0.3 is 0 Å². The summed E-state index contributed by atoms with van der Waals surface area (Å²) in [6, 6.07) is 11.2. The van der Waals surface area contributed by atoms with Gasteiger partial charge in [-0.1, -0.05) is 17.7 Å². The number of hydrogen-bond acceptors (Lipinski definition) is 4. The van der Waals surface area contributed by atoms with Gasteiger partial charge in [0.2, 0.25) is 0 Å². The van der Waals surface area contributed by atoms with Crippen molar-refractivity contribution in [2.45, 2.75) is 11.8 Å². The second-order valence-corrected chi connectivity index (χ2v) is 6.06. The molecular weight excluding hydrogens is 298 g/mol. The second kappa shape index (κ2) is 6.02. The molecule has 20 heavy (non-hydrogen) atoms. The molecule has 0 spiro atoms. The van der Waals surface area contributed by atoms with Gasteiger partial charge in [-0.15, -0.1) is 0 Å². The predicted octanol–water partition coefficient (Wildman–Crippen LogP) is 2.44. The summed E-state index contributed by atoms with van der Waals surface area (Å²) in [5, 5.41) is 4.32. The van der Waals surface area contributed by atoms with Gasteiger partial charge in [0.1, 0.15) is 0 Å². The summed E-state index contributed by atoms with van der Waals surface area (Å²) < 4.78 is 24.0. The highest BCUT2D eigenvalue weighted by Gasteiger charge is 2.12. The number of sulfonamides is 1. The van der Waals surface area contributed by atoms with Crippen molar-refractivity contribution in [3.05, 3.63) is 59.4 Å². The molecule has 0 saturated heterocycles. The van der Waals surface area contributed by atoms with E-state index in [1.165, 1.54) is 24.3 Å². The van der Waals surface area contributed by atoms with Gasteiger partial charge < -0.3 is 0 Å². The van der Waals surface area contributed by atoms with E-state index in [0.29, 0.717) is 16.4 Å². The van der Waals surface area contributed by atoms with Crippen LogP contribution in [0, 0.1) is 0 Å². The van der Waals surface area contributed by atoms with E-state index in [1.54, 1.807) is 31.3 Å². The Bertz CT molecular complexity index is 713. The molecule has 7 heteroatoms. The lowest BCUT2D eigenvalue weighted by Gasteiger charge is -2.05. The molecule has 0 unspecified atom stereocenters. The molecule has 1 N–H and O–H groups in total. The zero-order chi connectivity index (χ0) is 14.6. The van der Waals surface area contributed by atoms with Crippen molar-refractivity contribution in [3.63, 3.8) is 0 Å². The second-order valence-electron chi connectivity index (χ2n) is 3.96. The van der Waals surface area contributed by atoms with Gasteiger partial charge in [-0.3, -0.25) is 4.98 Å². The number of rotatable bonds is 4. The van der Waals surface area contributed by atoms with Gasteiger partial charge in [-0.05, 0) is 43.3 Å². The number of hydrogen-bond donors (Lipinski definition) is 1. The lowest BCUT2D eigenvalue weighted by Crippen LogP contribution is -2.20. The maximum Gasteiger partial charge on any atom is 0.276 e. The largest absolute Gasteiger partial charge is 0.276 e. The Hall–Kier alpha value is -1.92. The minimum absolute atomic E-state index is 0.0967. The van der Waals surface area contributed by atoms with Crippen LogP contribution in [0.15, 0.2) is 58.7 Å². The fourth-order valence-corrected chi connectivity index (χ4v) is 2.41. The molecule has 2 rings (SSSR count). The van der Waals surface area contributed by atoms with E-state index in [-0.39, 0.29) is 4.90 Å². The van der Waals surface area contributed by atoms with E-state index in [2.05, 4.69) is 14.9 Å². The molecule has 5 nitrogen and oxygen atoms in total. The zero-order valence-corrected chi connectivity index (χ0v) is 12.2. The Morgan fingerprint density at radius 1 is 1.20 bits per heavy atom. The maximum absolute atomic E-state index is 12.0. The third-order valence-corrected chi connectivity index (χ3v) is 3.97. The quantitative estimate of drug-likeness (QED) is 0.696. The first-order valence-electron chi connectivity index (χ1n) is 5.72. The van der Waals surface area contributed by atoms with Gasteiger partial charge in [0.15, 0.2) is 0 Å². The van der Waals surface area contributed by atoms with E-state index in [4.69, 9.17) is 11.6 Å². The maximum atomic E-state index is 12.0. The first-order valence-corrected chi connectivity index (χ1v) is 7.58. The van der Waals surface area contributed by atoms with E-state index >= 15 is 0 Å². The molecular formula is C13H12ClN3O2S. The van der Waals surface area contributed by atoms with E-state index in [0.717, 1.165) is 0 Å². The summed E-state index contributed by atoms with van der Waals surface area (Å²) >= 11 is 5.72. The van der Waals surface area contributed by atoms with Crippen LogP contribution in [0.4, 0.5) is 0 Å². The van der Waals surface area contributed by atoms with E-state index < -0.39 is 10.0 Å². The average Bonchev–Trinajstić information content (AvgIpc) is 2.46. The van der Waals surface area contributed by atoms with Crippen molar-refractivity contribution in [1.82, 2.24) is 9.82 Å². The molecule has 0 fully saturated rings. The SMILES string of the molecule is CC(=NNS(=O)(=O)c1ccc(Cl)cc1)c1ccccn1. The van der Waals surface area contributed by atoms with Gasteiger partial charge in [0.05, 0.1) is 16.3 Å². The molecule has 0 saturated carbocycles. The highest BCUT2D eigenvalue weighted by atomic mass is 35.5. The highest BCUT2D eigenvalue weighted by molar-refractivity contribution is 7.89. The van der Waals surface area contributed by atoms with Gasteiger partial charge in [0, 0.05) is 11.2 Å². The van der Waals surface area contributed by atoms with Crippen molar-refractivity contribution < 1.29 is 8.42 Å². The number of hydrazone groups is 1. The van der Waals surface area contributed by atoms with Crippen LogP contribution in [0.3, 0.4) is 0 Å². The molecule has 0 atom stereocenters. The Balaban J connectivity index is 2.19. The standard InChI is InChI=1S/C13H12ClN3O2S/c1-10(13-4-2-3-9-15-13)16-17-20(18,19)12-7-5-11(14)6-8-12/h2-9,17H,1H3. The molecule has 0 amide bonds. The van der Waals surface area contributed by atoms with Crippen molar-refractivity contribution in [2.75, 3.05) is 0 Å². The third kappa shape index (κ3) is 3.55. The van der Waals surface area contributed by atoms with Crippen molar-refractivity contribution in [1.29, 1.82) is 0 Å². The smallest absolute Gasteiger partial charge is 0.255 e. The summed E-state index contributed by atoms with van der Waals surface area (Å²) in [5.74, 6) is 0. The van der Waals surface area contributed by atoms with Crippen LogP contribution in [0.1, 0.15) is 12.6 Å². The Morgan fingerprint density at radius 2 is 1.90 bits per heavy atom. The Morgan fingerprint density at radius 3 is 2.50 bits per heavy atom. The van der Waals surface area contributed by atoms with Crippen molar-refractivity contribution in [3.8, 4) is 0 Å². The number of aromatic nitrogens is 1. The van der Waals surface area contributed by atoms with Gasteiger partial charge in [0.25, 0.3) is 10.0 Å². The van der Waals surface area contributed by atoms with Crippen LogP contribution in [0.25, 0.3) is 0 Å². The monoisotopic (exact) mass is 309 g/mol. The van der Waals surface area contributed by atoms with Crippen LogP contribution in [0.2, 0.25) is 5.02 Å². The van der Waals surface area contributed by atoms with Crippen LogP contribution in [0.5, 0.6) is 0 Å². The minimum Gasteiger partial charge on any atom is -0.255 e. The van der Waals surface area contributed by atoms with E-state index in [1.807, 2.05) is 0 Å². The van der Waals surface area contributed by atoms with Gasteiger partial charge in [-0.2, -0.15) is 18.4 Å². The minimum atomic E-state index is -3.70. The fourth-order valence-electron chi connectivity index (χ4n) is 1.43. The van der Waals surface area contributed by atoms with Crippen molar-refractivity contribution in [2.24, 2.45) is 5.10 Å². The van der Waals surface area contributed by atoms with Gasteiger partial charge in [-0.25, -0.2) is 0 Å². The lowest BCUT2D eigenvalue weighted by atomic mass is 10.3. The molecule has 0 radical (unpaired) electrons. The fraction of sp³-hybridized carbons (Fsp3) is 0.0769. The highest BCUT2D eigenvalue weighted by Crippen LogP contribution is 2.13. The average molecular weight is 310 g/mol. The van der Waals surface area contributed by atoms with Crippen LogP contribution >= 0.6 is 11.6 Å². The summed E-state index contributed by atoms with van der Waals surface area (Å²) in [5.41, 5.74) is 1.08. The topological polar surface area (TPSA) is 71.4 Å². The summed E-state index contributed by atoms with van der Waals surface area (Å²) in [7, 11) is -3.70. The number of benzene rings is 1. The molecule has 1 aromatic carbocycles. The number of halogens is 1. The summed E-state index contributed by atoms with van der Waals surface area (Å²) in [6.07, 6.45) is 1.61. The summed E-state index contributed by atoms with van der Waals surface area (Å²) in [6.45, 7) is 1.67. The first-order chi connectivity index (χ1) is 9.49. The number of pyridine rings is 1. The molecule has 0 aliphatic carbocycles. The third-order valence-electron chi connectivity index (χ3n) is 2.49. The number of nitrogens with one attached hydrogen (secondary N) is 1. The predicted molar refractivity (Wildman–Crippen MR) is 78.2 cm³/mol. The van der Waals surface area contributed by atoms with E-state index in [9.17, 15) is 8.42 Å². The van der Waals surface area contributed by atoms with Crippen LogP contribution in [-0.4, -0.2) is 19.1 Å². The molecule has 0 bridgehead atoms. The van der Waals surface area contributed by atoms with Crippen LogP contribution in [-0.2, 0) is 10.0 Å². The molecule has 104 valence electrons. The molecule has 1 aromatic heterocycles.